The summed E-state index contributed by atoms with van der Waals surface area (Å²) >= 11 is 0. The number of phenols is 1. The summed E-state index contributed by atoms with van der Waals surface area (Å²) in [4.78, 5) is 12.0. The molecule has 9 nitrogen and oxygen atoms in total. The van der Waals surface area contributed by atoms with Gasteiger partial charge in [0.15, 0.2) is 0 Å². The Morgan fingerprint density at radius 1 is 1.27 bits per heavy atom. The van der Waals surface area contributed by atoms with E-state index in [-0.39, 0.29) is 22.0 Å². The van der Waals surface area contributed by atoms with E-state index in [1.54, 1.807) is 6.07 Å². The van der Waals surface area contributed by atoms with E-state index in [9.17, 15) is 23.6 Å². The third-order valence-electron chi connectivity index (χ3n) is 3.62. The number of nitrogens with one attached hydrogen (secondary N) is 1. The molecule has 0 radical (unpaired) electrons. The van der Waals surface area contributed by atoms with Gasteiger partial charge in [-0.1, -0.05) is 6.07 Å². The molecule has 26 heavy (non-hydrogen) atoms. The van der Waals surface area contributed by atoms with E-state index >= 15 is 0 Å². The number of methoxy groups -OCH3 is 1. The number of hydrogen-bond acceptors (Lipinski definition) is 7. The number of rotatable bonds is 6. The number of nitro groups is 1. The van der Waals surface area contributed by atoms with Gasteiger partial charge in [0.25, 0.3) is 15.7 Å². The topological polar surface area (TPSA) is 131 Å². The normalized spacial score (nSPS) is 11.9. The summed E-state index contributed by atoms with van der Waals surface area (Å²) in [5.41, 5.74) is 0.553. The van der Waals surface area contributed by atoms with Crippen LogP contribution in [-0.2, 0) is 10.0 Å². The zero-order valence-corrected chi connectivity index (χ0v) is 15.1. The van der Waals surface area contributed by atoms with Crippen LogP contribution in [0.4, 0.5) is 5.69 Å². The molecular formula is C16H17N3O6S. The average molecular weight is 379 g/mol. The van der Waals surface area contributed by atoms with E-state index in [1.165, 1.54) is 45.2 Å². The number of aromatic hydroxyl groups is 1. The molecule has 0 spiro atoms. The van der Waals surface area contributed by atoms with Crippen molar-refractivity contribution >= 4 is 21.4 Å². The molecule has 0 atom stereocenters. The first-order valence-electron chi connectivity index (χ1n) is 7.34. The number of sulfonamides is 1. The Balaban J connectivity index is 2.31. The van der Waals surface area contributed by atoms with Gasteiger partial charge in [-0.3, -0.25) is 10.1 Å². The number of phenolic OH excluding ortho intramolecular Hbond substituents is 1. The van der Waals surface area contributed by atoms with Crippen molar-refractivity contribution in [3.8, 4) is 11.5 Å². The number of nitrogens with zero attached hydrogens (tertiary/aromatic N) is 2. The van der Waals surface area contributed by atoms with Gasteiger partial charge in [0.05, 0.1) is 22.6 Å². The molecule has 0 bridgehead atoms. The van der Waals surface area contributed by atoms with Gasteiger partial charge < -0.3 is 9.84 Å². The summed E-state index contributed by atoms with van der Waals surface area (Å²) in [5.74, 6) is 0.308. The summed E-state index contributed by atoms with van der Waals surface area (Å²) in [6.45, 7) is 3.01. The van der Waals surface area contributed by atoms with Crippen molar-refractivity contribution in [3.63, 3.8) is 0 Å². The van der Waals surface area contributed by atoms with Gasteiger partial charge in [-0.05, 0) is 32.0 Å². The van der Waals surface area contributed by atoms with Crippen molar-refractivity contribution in [1.82, 2.24) is 4.83 Å². The minimum atomic E-state index is -4.11. The van der Waals surface area contributed by atoms with Crippen LogP contribution in [0.15, 0.2) is 46.4 Å². The third kappa shape index (κ3) is 4.09. The SMILES string of the molecule is COc1ccc(/C(C)=N/NS(=O)(=O)c2ccc(C)c([N+](=O)[O-])c2)c(O)c1. The number of nitro benzene ring substituents is 1. The Morgan fingerprint density at radius 2 is 1.96 bits per heavy atom. The second-order valence-electron chi connectivity index (χ2n) is 5.38. The molecule has 2 aromatic carbocycles. The van der Waals surface area contributed by atoms with Crippen LogP contribution < -0.4 is 9.57 Å². The predicted molar refractivity (Wildman–Crippen MR) is 95.0 cm³/mol. The quantitative estimate of drug-likeness (QED) is 0.450. The molecule has 0 aliphatic rings. The number of ether oxygens (including phenoxy) is 1. The Labute approximate surface area is 150 Å². The lowest BCUT2D eigenvalue weighted by Gasteiger charge is -2.08. The van der Waals surface area contributed by atoms with Crippen LogP contribution in [0.3, 0.4) is 0 Å². The van der Waals surface area contributed by atoms with E-state index < -0.39 is 14.9 Å². The van der Waals surface area contributed by atoms with Gasteiger partial charge >= 0.3 is 0 Å². The molecule has 138 valence electrons. The standard InChI is InChI=1S/C16H17N3O6S/c1-10-4-6-13(9-15(10)19(21)22)26(23,24)18-17-11(2)14-7-5-12(25-3)8-16(14)20/h4-9,18,20H,1-3H3/b17-11+. The van der Waals surface area contributed by atoms with Crippen LogP contribution in [0.2, 0.25) is 0 Å². The Morgan fingerprint density at radius 3 is 2.54 bits per heavy atom. The van der Waals surface area contributed by atoms with Crippen molar-refractivity contribution in [2.75, 3.05) is 7.11 Å². The fraction of sp³-hybridized carbons (Fsp3) is 0.188. The van der Waals surface area contributed by atoms with Crippen LogP contribution in [0.5, 0.6) is 11.5 Å². The van der Waals surface area contributed by atoms with Crippen LogP contribution >= 0.6 is 0 Å². The molecule has 0 aromatic heterocycles. The molecule has 0 amide bonds. The lowest BCUT2D eigenvalue weighted by atomic mass is 10.1. The van der Waals surface area contributed by atoms with Gasteiger partial charge in [-0.2, -0.15) is 18.4 Å². The first-order valence-corrected chi connectivity index (χ1v) is 8.82. The van der Waals surface area contributed by atoms with Crippen molar-refractivity contribution in [2.45, 2.75) is 18.7 Å². The molecule has 10 heteroatoms. The second kappa shape index (κ2) is 7.40. The summed E-state index contributed by atoms with van der Waals surface area (Å²) in [5, 5.41) is 24.7. The Hall–Kier alpha value is -3.14. The number of aryl methyl sites for hydroxylation is 1. The zero-order valence-electron chi connectivity index (χ0n) is 14.3. The maximum absolute atomic E-state index is 12.3. The Kier molecular flexibility index (Phi) is 5.46. The molecule has 0 saturated carbocycles. The number of benzene rings is 2. The smallest absolute Gasteiger partial charge is 0.276 e. The molecule has 0 saturated heterocycles. The number of hydrogen-bond donors (Lipinski definition) is 2. The lowest BCUT2D eigenvalue weighted by Crippen LogP contribution is -2.20. The fourth-order valence-electron chi connectivity index (χ4n) is 2.14. The van der Waals surface area contributed by atoms with E-state index in [2.05, 4.69) is 5.10 Å². The number of hydrazone groups is 1. The van der Waals surface area contributed by atoms with Gasteiger partial charge in [0.2, 0.25) is 0 Å². The molecule has 2 N–H and O–H groups in total. The molecule has 0 aliphatic heterocycles. The van der Waals surface area contributed by atoms with E-state index in [0.717, 1.165) is 6.07 Å². The van der Waals surface area contributed by atoms with Crippen LogP contribution in [0.25, 0.3) is 0 Å². The van der Waals surface area contributed by atoms with Crippen LogP contribution in [0.1, 0.15) is 18.1 Å². The molecule has 0 unspecified atom stereocenters. The minimum Gasteiger partial charge on any atom is -0.507 e. The minimum absolute atomic E-state index is 0.129. The van der Waals surface area contributed by atoms with Crippen molar-refractivity contribution in [2.24, 2.45) is 5.10 Å². The van der Waals surface area contributed by atoms with E-state index in [0.29, 0.717) is 16.9 Å². The van der Waals surface area contributed by atoms with E-state index in [1.807, 2.05) is 4.83 Å². The van der Waals surface area contributed by atoms with Crippen LogP contribution in [0, 0.1) is 17.0 Å². The van der Waals surface area contributed by atoms with Crippen LogP contribution in [-0.4, -0.2) is 31.3 Å². The maximum atomic E-state index is 12.3. The third-order valence-corrected chi connectivity index (χ3v) is 4.82. The lowest BCUT2D eigenvalue weighted by molar-refractivity contribution is -0.385. The predicted octanol–water partition coefficient (Wildman–Crippen LogP) is 2.32. The molecule has 0 heterocycles. The fourth-order valence-corrected chi connectivity index (χ4v) is 3.02. The van der Waals surface area contributed by atoms with E-state index in [4.69, 9.17) is 4.74 Å². The van der Waals surface area contributed by atoms with Crippen molar-refractivity contribution < 1.29 is 23.2 Å². The first kappa shape index (κ1) is 19.2. The highest BCUT2D eigenvalue weighted by Gasteiger charge is 2.19. The highest BCUT2D eigenvalue weighted by Crippen LogP contribution is 2.24. The molecule has 2 rings (SSSR count). The summed E-state index contributed by atoms with van der Waals surface area (Å²) in [7, 11) is -2.66. The highest BCUT2D eigenvalue weighted by atomic mass is 32.2. The van der Waals surface area contributed by atoms with Gasteiger partial charge in [0.1, 0.15) is 11.5 Å². The Bertz CT molecular complexity index is 985. The second-order valence-corrected chi connectivity index (χ2v) is 7.04. The molecule has 0 aliphatic carbocycles. The summed E-state index contributed by atoms with van der Waals surface area (Å²) in [6.07, 6.45) is 0. The van der Waals surface area contributed by atoms with Gasteiger partial charge in [0, 0.05) is 23.3 Å². The molecule has 0 fully saturated rings. The van der Waals surface area contributed by atoms with Crippen molar-refractivity contribution in [1.29, 1.82) is 0 Å². The van der Waals surface area contributed by atoms with Crippen molar-refractivity contribution in [3.05, 3.63) is 57.6 Å². The molecular weight excluding hydrogens is 362 g/mol. The zero-order chi connectivity index (χ0) is 19.5. The summed E-state index contributed by atoms with van der Waals surface area (Å²) in [6, 6.07) is 8.04. The average Bonchev–Trinajstić information content (AvgIpc) is 2.59. The maximum Gasteiger partial charge on any atom is 0.276 e. The highest BCUT2D eigenvalue weighted by molar-refractivity contribution is 7.89. The van der Waals surface area contributed by atoms with Gasteiger partial charge in [-0.15, -0.1) is 0 Å². The molecule has 2 aromatic rings. The monoisotopic (exact) mass is 379 g/mol. The summed E-state index contributed by atoms with van der Waals surface area (Å²) < 4.78 is 29.6. The largest absolute Gasteiger partial charge is 0.507 e. The van der Waals surface area contributed by atoms with Gasteiger partial charge in [-0.25, -0.2) is 0 Å². The first-order chi connectivity index (χ1) is 12.2.